The molecule has 0 aromatic heterocycles. The number of hydrogen-bond donors (Lipinski definition) is 2. The molecule has 0 aliphatic heterocycles. The Morgan fingerprint density at radius 3 is 2.41 bits per heavy atom. The number of carboxylic acid groups (broad SMARTS) is 1. The van der Waals surface area contributed by atoms with E-state index in [1.165, 1.54) is 12.8 Å². The van der Waals surface area contributed by atoms with Gasteiger partial charge in [0.05, 0.1) is 6.61 Å². The lowest BCUT2D eigenvalue weighted by Crippen LogP contribution is -2.33. The van der Waals surface area contributed by atoms with Crippen LogP contribution < -0.4 is 5.32 Å². The molecule has 0 heterocycles. The molecule has 98 valence electrons. The van der Waals surface area contributed by atoms with Crippen LogP contribution in [0.2, 0.25) is 0 Å². The third kappa shape index (κ3) is 6.26. The molecule has 1 aliphatic carbocycles. The van der Waals surface area contributed by atoms with Gasteiger partial charge >= 0.3 is 5.97 Å². The third-order valence-electron chi connectivity index (χ3n) is 3.00. The SMILES string of the molecule is O=C(O)COCCNC(=O)C1CCCCCC1. The van der Waals surface area contributed by atoms with Crippen molar-refractivity contribution < 1.29 is 19.4 Å². The van der Waals surface area contributed by atoms with Crippen LogP contribution in [0.25, 0.3) is 0 Å². The number of rotatable bonds is 6. The molecule has 1 rings (SSSR count). The third-order valence-corrected chi connectivity index (χ3v) is 3.00. The first-order valence-corrected chi connectivity index (χ1v) is 6.27. The molecule has 0 spiro atoms. The van der Waals surface area contributed by atoms with Crippen molar-refractivity contribution >= 4 is 11.9 Å². The van der Waals surface area contributed by atoms with Crippen LogP contribution in [0.1, 0.15) is 38.5 Å². The summed E-state index contributed by atoms with van der Waals surface area (Å²) in [4.78, 5) is 21.9. The van der Waals surface area contributed by atoms with Gasteiger partial charge in [0.15, 0.2) is 0 Å². The van der Waals surface area contributed by atoms with Gasteiger partial charge in [-0.2, -0.15) is 0 Å². The fourth-order valence-electron chi connectivity index (χ4n) is 2.09. The molecule has 0 bridgehead atoms. The largest absolute Gasteiger partial charge is 0.480 e. The van der Waals surface area contributed by atoms with Gasteiger partial charge in [0.2, 0.25) is 5.91 Å². The van der Waals surface area contributed by atoms with Crippen LogP contribution in [0.15, 0.2) is 0 Å². The van der Waals surface area contributed by atoms with Crippen LogP contribution in [0.5, 0.6) is 0 Å². The first kappa shape index (κ1) is 14.0. The molecule has 0 aromatic rings. The molecule has 17 heavy (non-hydrogen) atoms. The number of aliphatic carboxylic acids is 1. The number of amides is 1. The molecular formula is C12H21NO4. The number of carbonyl (C=O) groups is 2. The topological polar surface area (TPSA) is 75.6 Å². The van der Waals surface area contributed by atoms with Crippen LogP contribution in [-0.4, -0.2) is 36.7 Å². The van der Waals surface area contributed by atoms with Crippen LogP contribution in [0.3, 0.4) is 0 Å². The molecule has 5 heteroatoms. The molecule has 0 unspecified atom stereocenters. The zero-order valence-electron chi connectivity index (χ0n) is 10.1. The first-order valence-electron chi connectivity index (χ1n) is 6.27. The molecule has 1 amide bonds. The smallest absolute Gasteiger partial charge is 0.329 e. The highest BCUT2D eigenvalue weighted by atomic mass is 16.5. The Labute approximate surface area is 102 Å². The number of nitrogens with one attached hydrogen (secondary N) is 1. The highest BCUT2D eigenvalue weighted by Gasteiger charge is 2.19. The van der Waals surface area contributed by atoms with E-state index in [2.05, 4.69) is 5.32 Å². The van der Waals surface area contributed by atoms with E-state index in [0.717, 1.165) is 25.7 Å². The van der Waals surface area contributed by atoms with Gasteiger partial charge in [0.1, 0.15) is 6.61 Å². The van der Waals surface area contributed by atoms with Crippen molar-refractivity contribution in [1.82, 2.24) is 5.32 Å². The van der Waals surface area contributed by atoms with E-state index in [4.69, 9.17) is 9.84 Å². The summed E-state index contributed by atoms with van der Waals surface area (Å²) in [5.74, 6) is -0.761. The lowest BCUT2D eigenvalue weighted by Gasteiger charge is -2.13. The normalized spacial score (nSPS) is 17.4. The Hall–Kier alpha value is -1.10. The van der Waals surface area contributed by atoms with Crippen molar-refractivity contribution in [2.45, 2.75) is 38.5 Å². The summed E-state index contributed by atoms with van der Waals surface area (Å²) < 4.78 is 4.84. The Kier molecular flexibility index (Phi) is 6.62. The summed E-state index contributed by atoms with van der Waals surface area (Å²) in [6.07, 6.45) is 6.67. The lowest BCUT2D eigenvalue weighted by molar-refractivity contribution is -0.142. The average Bonchev–Trinajstić information content (AvgIpc) is 2.56. The second kappa shape index (κ2) is 8.06. The summed E-state index contributed by atoms with van der Waals surface area (Å²) in [5.41, 5.74) is 0. The van der Waals surface area contributed by atoms with Gasteiger partial charge in [0.25, 0.3) is 0 Å². The number of hydrogen-bond acceptors (Lipinski definition) is 3. The van der Waals surface area contributed by atoms with E-state index in [-0.39, 0.29) is 25.0 Å². The van der Waals surface area contributed by atoms with Gasteiger partial charge in [-0.05, 0) is 12.8 Å². The van der Waals surface area contributed by atoms with E-state index in [1.54, 1.807) is 0 Å². The zero-order valence-corrected chi connectivity index (χ0v) is 10.1. The van der Waals surface area contributed by atoms with Crippen LogP contribution in [0.4, 0.5) is 0 Å². The Bertz CT molecular complexity index is 247. The van der Waals surface area contributed by atoms with Crippen molar-refractivity contribution in [3.8, 4) is 0 Å². The van der Waals surface area contributed by atoms with Crippen molar-refractivity contribution in [2.75, 3.05) is 19.8 Å². The zero-order chi connectivity index (χ0) is 12.5. The Morgan fingerprint density at radius 2 is 1.82 bits per heavy atom. The molecule has 0 atom stereocenters. The second-order valence-electron chi connectivity index (χ2n) is 4.43. The van der Waals surface area contributed by atoms with E-state index in [9.17, 15) is 9.59 Å². The minimum Gasteiger partial charge on any atom is -0.480 e. The van der Waals surface area contributed by atoms with Crippen molar-refractivity contribution in [3.05, 3.63) is 0 Å². The molecule has 0 aromatic carbocycles. The lowest BCUT2D eigenvalue weighted by atomic mass is 10.00. The summed E-state index contributed by atoms with van der Waals surface area (Å²) in [6.45, 7) is 0.340. The summed E-state index contributed by atoms with van der Waals surface area (Å²) in [7, 11) is 0. The van der Waals surface area contributed by atoms with Gasteiger partial charge < -0.3 is 15.2 Å². The van der Waals surface area contributed by atoms with Crippen molar-refractivity contribution in [3.63, 3.8) is 0 Å². The maximum atomic E-state index is 11.8. The fourth-order valence-corrected chi connectivity index (χ4v) is 2.09. The predicted octanol–water partition coefficient (Wildman–Crippen LogP) is 1.17. The van der Waals surface area contributed by atoms with Gasteiger partial charge in [-0.3, -0.25) is 4.79 Å². The molecule has 1 aliphatic rings. The van der Waals surface area contributed by atoms with Crippen LogP contribution >= 0.6 is 0 Å². The number of ether oxygens (including phenoxy) is 1. The maximum Gasteiger partial charge on any atom is 0.329 e. The summed E-state index contributed by atoms with van der Waals surface area (Å²) >= 11 is 0. The van der Waals surface area contributed by atoms with Crippen molar-refractivity contribution in [2.24, 2.45) is 5.92 Å². The highest BCUT2D eigenvalue weighted by molar-refractivity contribution is 5.78. The molecule has 5 nitrogen and oxygen atoms in total. The Balaban J connectivity index is 2.09. The fraction of sp³-hybridized carbons (Fsp3) is 0.833. The summed E-state index contributed by atoms with van der Waals surface area (Å²) in [6, 6.07) is 0. The number of carboxylic acids is 1. The molecule has 1 saturated carbocycles. The number of carbonyl (C=O) groups excluding carboxylic acids is 1. The van der Waals surface area contributed by atoms with Crippen LogP contribution in [-0.2, 0) is 14.3 Å². The first-order chi connectivity index (χ1) is 8.20. The summed E-state index contributed by atoms with van der Waals surface area (Å²) in [5, 5.41) is 11.1. The van der Waals surface area contributed by atoms with Crippen LogP contribution in [0, 0.1) is 5.92 Å². The molecule has 0 radical (unpaired) electrons. The molecule has 0 saturated heterocycles. The quantitative estimate of drug-likeness (QED) is 0.542. The molecule has 2 N–H and O–H groups in total. The van der Waals surface area contributed by atoms with Crippen molar-refractivity contribution in [1.29, 1.82) is 0 Å². The highest BCUT2D eigenvalue weighted by Crippen LogP contribution is 2.22. The van der Waals surface area contributed by atoms with Gasteiger partial charge in [-0.15, -0.1) is 0 Å². The van der Waals surface area contributed by atoms with E-state index in [1.807, 2.05) is 0 Å². The van der Waals surface area contributed by atoms with Gasteiger partial charge in [-0.1, -0.05) is 25.7 Å². The minimum atomic E-state index is -0.986. The molecule has 1 fully saturated rings. The van der Waals surface area contributed by atoms with E-state index >= 15 is 0 Å². The second-order valence-corrected chi connectivity index (χ2v) is 4.43. The van der Waals surface area contributed by atoms with E-state index < -0.39 is 5.97 Å². The Morgan fingerprint density at radius 1 is 1.18 bits per heavy atom. The minimum absolute atomic E-state index is 0.0887. The standard InChI is InChI=1S/C12H21NO4/c14-11(15)9-17-8-7-13-12(16)10-5-3-1-2-4-6-10/h10H,1-9H2,(H,13,16)(H,14,15). The van der Waals surface area contributed by atoms with Gasteiger partial charge in [0, 0.05) is 12.5 Å². The van der Waals surface area contributed by atoms with E-state index in [0.29, 0.717) is 6.54 Å². The monoisotopic (exact) mass is 243 g/mol. The molecular weight excluding hydrogens is 222 g/mol. The predicted molar refractivity (Wildman–Crippen MR) is 62.7 cm³/mol. The van der Waals surface area contributed by atoms with Gasteiger partial charge in [-0.25, -0.2) is 4.79 Å². The average molecular weight is 243 g/mol. The maximum absolute atomic E-state index is 11.8.